The van der Waals surface area contributed by atoms with Crippen LogP contribution in [0.4, 0.5) is 11.4 Å². The fourth-order valence-corrected chi connectivity index (χ4v) is 3.01. The molecule has 1 amide bonds. The molecule has 2 aromatic carbocycles. The van der Waals surface area contributed by atoms with E-state index in [1.807, 2.05) is 0 Å². The van der Waals surface area contributed by atoms with E-state index in [0.717, 1.165) is 12.1 Å². The van der Waals surface area contributed by atoms with Crippen molar-refractivity contribution in [2.24, 2.45) is 0 Å². The largest absolute Gasteiger partial charge is 0.452 e. The molecule has 2 rings (SSSR count). The first kappa shape index (κ1) is 21.3. The van der Waals surface area contributed by atoms with Crippen LogP contribution in [0, 0.1) is 10.1 Å². The number of anilines is 1. The van der Waals surface area contributed by atoms with Crippen LogP contribution in [0.2, 0.25) is 5.02 Å². The van der Waals surface area contributed by atoms with Gasteiger partial charge in [0.05, 0.1) is 15.4 Å². The molecule has 2 aromatic rings. The van der Waals surface area contributed by atoms with E-state index in [0.29, 0.717) is 0 Å². The maximum absolute atomic E-state index is 12.0. The van der Waals surface area contributed by atoms with E-state index in [1.165, 1.54) is 37.4 Å². The van der Waals surface area contributed by atoms with Crippen molar-refractivity contribution in [3.05, 3.63) is 63.2 Å². The second kappa shape index (κ2) is 8.78. The highest BCUT2D eigenvalue weighted by atomic mass is 35.5. The summed E-state index contributed by atoms with van der Waals surface area (Å²) in [6.45, 7) is -0.735. The molecule has 0 aliphatic heterocycles. The number of carbonyl (C=O) groups is 2. The Labute approximate surface area is 164 Å². The molecule has 28 heavy (non-hydrogen) atoms. The van der Waals surface area contributed by atoms with Crippen LogP contribution in [0.1, 0.15) is 10.4 Å². The number of hydrogen-bond acceptors (Lipinski definition) is 7. The van der Waals surface area contributed by atoms with Crippen molar-refractivity contribution in [2.45, 2.75) is 4.90 Å². The normalized spacial score (nSPS) is 10.9. The fraction of sp³-hybridized carbons (Fsp3) is 0.125. The van der Waals surface area contributed by atoms with Gasteiger partial charge in [0.25, 0.3) is 11.6 Å². The van der Waals surface area contributed by atoms with Crippen molar-refractivity contribution in [1.29, 1.82) is 0 Å². The molecule has 0 saturated heterocycles. The molecule has 0 saturated carbocycles. The predicted molar refractivity (Wildman–Crippen MR) is 99.7 cm³/mol. The standard InChI is InChI=1S/C16H14ClN3O7S/c1-18-28(25,26)12-4-2-3-10(7-12)16(22)27-9-15(21)19-13-6-5-11(17)8-14(13)20(23)24/h2-8,18H,9H2,1H3,(H,19,21). The van der Waals surface area contributed by atoms with E-state index < -0.39 is 39.1 Å². The lowest BCUT2D eigenvalue weighted by molar-refractivity contribution is -0.383. The quantitative estimate of drug-likeness (QED) is 0.390. The summed E-state index contributed by atoms with van der Waals surface area (Å²) in [7, 11) is -2.53. The number of amides is 1. The van der Waals surface area contributed by atoms with Crippen LogP contribution >= 0.6 is 11.6 Å². The smallest absolute Gasteiger partial charge is 0.338 e. The van der Waals surface area contributed by atoms with Crippen molar-refractivity contribution in [3.8, 4) is 0 Å². The maximum Gasteiger partial charge on any atom is 0.338 e. The molecule has 0 unspecified atom stereocenters. The maximum atomic E-state index is 12.0. The summed E-state index contributed by atoms with van der Waals surface area (Å²) >= 11 is 5.69. The van der Waals surface area contributed by atoms with Gasteiger partial charge in [-0.15, -0.1) is 0 Å². The van der Waals surface area contributed by atoms with E-state index in [2.05, 4.69) is 10.0 Å². The van der Waals surface area contributed by atoms with Crippen LogP contribution in [0.5, 0.6) is 0 Å². The molecule has 0 bridgehead atoms. The second-order valence-corrected chi connectivity index (χ2v) is 7.60. The lowest BCUT2D eigenvalue weighted by Crippen LogP contribution is -2.22. The zero-order valence-corrected chi connectivity index (χ0v) is 15.9. The van der Waals surface area contributed by atoms with Gasteiger partial charge < -0.3 is 10.1 Å². The Morgan fingerprint density at radius 2 is 1.93 bits per heavy atom. The molecule has 0 heterocycles. The third kappa shape index (κ3) is 5.25. The SMILES string of the molecule is CNS(=O)(=O)c1cccc(C(=O)OCC(=O)Nc2ccc(Cl)cc2[N+](=O)[O-])c1. The number of benzene rings is 2. The van der Waals surface area contributed by atoms with Gasteiger partial charge in [0.15, 0.2) is 6.61 Å². The summed E-state index contributed by atoms with van der Waals surface area (Å²) in [4.78, 5) is 34.1. The third-order valence-electron chi connectivity index (χ3n) is 3.41. The monoisotopic (exact) mass is 427 g/mol. The Bertz CT molecular complexity index is 1040. The van der Waals surface area contributed by atoms with Gasteiger partial charge in [-0.05, 0) is 37.4 Å². The van der Waals surface area contributed by atoms with E-state index in [-0.39, 0.29) is 21.2 Å². The predicted octanol–water partition coefficient (Wildman–Crippen LogP) is 1.95. The van der Waals surface area contributed by atoms with Gasteiger partial charge in [0, 0.05) is 11.1 Å². The average molecular weight is 428 g/mol. The van der Waals surface area contributed by atoms with Crippen LogP contribution in [0.15, 0.2) is 47.4 Å². The molecule has 0 aliphatic rings. The Hall–Kier alpha value is -3.02. The average Bonchev–Trinajstić information content (AvgIpc) is 2.67. The van der Waals surface area contributed by atoms with Crippen LogP contribution in [-0.4, -0.2) is 38.9 Å². The van der Waals surface area contributed by atoms with Crippen LogP contribution in [0.3, 0.4) is 0 Å². The van der Waals surface area contributed by atoms with Crippen molar-refractivity contribution in [2.75, 3.05) is 19.0 Å². The van der Waals surface area contributed by atoms with Gasteiger partial charge in [-0.2, -0.15) is 0 Å². The molecule has 2 N–H and O–H groups in total. The number of halogens is 1. The number of nitro benzene ring substituents is 1. The van der Waals surface area contributed by atoms with Crippen LogP contribution in [-0.2, 0) is 19.6 Å². The number of nitrogens with one attached hydrogen (secondary N) is 2. The molecular formula is C16H14ClN3O7S. The van der Waals surface area contributed by atoms with E-state index in [4.69, 9.17) is 16.3 Å². The number of nitrogens with zero attached hydrogens (tertiary/aromatic N) is 1. The van der Waals surface area contributed by atoms with Gasteiger partial charge in [-0.1, -0.05) is 17.7 Å². The third-order valence-corrected chi connectivity index (χ3v) is 5.06. The lowest BCUT2D eigenvalue weighted by atomic mass is 10.2. The van der Waals surface area contributed by atoms with E-state index in [9.17, 15) is 28.1 Å². The van der Waals surface area contributed by atoms with Gasteiger partial charge >= 0.3 is 5.97 Å². The molecule has 0 fully saturated rings. The second-order valence-electron chi connectivity index (χ2n) is 5.28. The number of rotatable bonds is 7. The van der Waals surface area contributed by atoms with Gasteiger partial charge in [0.1, 0.15) is 5.69 Å². The molecule has 10 nitrogen and oxygen atoms in total. The fourth-order valence-electron chi connectivity index (χ4n) is 2.07. The zero-order chi connectivity index (χ0) is 20.9. The molecule has 0 aromatic heterocycles. The number of carbonyl (C=O) groups excluding carboxylic acids is 2. The first-order valence-electron chi connectivity index (χ1n) is 7.58. The molecule has 0 radical (unpaired) electrons. The Morgan fingerprint density at radius 1 is 1.21 bits per heavy atom. The first-order valence-corrected chi connectivity index (χ1v) is 9.44. The van der Waals surface area contributed by atoms with Crippen molar-refractivity contribution in [3.63, 3.8) is 0 Å². The Morgan fingerprint density at radius 3 is 2.57 bits per heavy atom. The van der Waals surface area contributed by atoms with Gasteiger partial charge in [-0.25, -0.2) is 17.9 Å². The minimum atomic E-state index is -3.75. The van der Waals surface area contributed by atoms with E-state index in [1.54, 1.807) is 0 Å². The highest BCUT2D eigenvalue weighted by molar-refractivity contribution is 7.89. The lowest BCUT2D eigenvalue weighted by Gasteiger charge is -2.08. The number of esters is 1. The zero-order valence-electron chi connectivity index (χ0n) is 14.3. The summed E-state index contributed by atoms with van der Waals surface area (Å²) in [5.41, 5.74) is -0.615. The number of ether oxygens (including phenoxy) is 1. The minimum absolute atomic E-state index is 0.0819. The summed E-state index contributed by atoms with van der Waals surface area (Å²) in [6.07, 6.45) is 0. The molecule has 0 atom stereocenters. The molecular weight excluding hydrogens is 414 g/mol. The van der Waals surface area contributed by atoms with Gasteiger partial charge in [0.2, 0.25) is 10.0 Å². The number of nitro groups is 1. The minimum Gasteiger partial charge on any atom is -0.452 e. The Kier molecular flexibility index (Phi) is 6.67. The van der Waals surface area contributed by atoms with E-state index >= 15 is 0 Å². The molecule has 12 heteroatoms. The molecule has 0 spiro atoms. The topological polar surface area (TPSA) is 145 Å². The summed E-state index contributed by atoms with van der Waals surface area (Å²) in [5.74, 6) is -1.76. The molecule has 148 valence electrons. The molecule has 0 aliphatic carbocycles. The van der Waals surface area contributed by atoms with Crippen molar-refractivity contribution >= 4 is 44.9 Å². The van der Waals surface area contributed by atoms with Crippen LogP contribution < -0.4 is 10.0 Å². The van der Waals surface area contributed by atoms with Crippen molar-refractivity contribution in [1.82, 2.24) is 4.72 Å². The van der Waals surface area contributed by atoms with Crippen molar-refractivity contribution < 1.29 is 27.7 Å². The summed E-state index contributed by atoms with van der Waals surface area (Å²) < 4.78 is 30.5. The van der Waals surface area contributed by atoms with Gasteiger partial charge in [-0.3, -0.25) is 14.9 Å². The highest BCUT2D eigenvalue weighted by Gasteiger charge is 2.19. The Balaban J connectivity index is 2.05. The number of hydrogen-bond donors (Lipinski definition) is 2. The summed E-state index contributed by atoms with van der Waals surface area (Å²) in [6, 6.07) is 8.70. The first-order chi connectivity index (χ1) is 13.1. The summed E-state index contributed by atoms with van der Waals surface area (Å²) in [5, 5.41) is 13.4. The number of sulfonamides is 1. The highest BCUT2D eigenvalue weighted by Crippen LogP contribution is 2.27. The van der Waals surface area contributed by atoms with Crippen LogP contribution in [0.25, 0.3) is 0 Å².